The normalized spacial score (nSPS) is 26.0. The zero-order chi connectivity index (χ0) is 16.1. The van der Waals surface area contributed by atoms with Crippen LogP contribution in [0.2, 0.25) is 0 Å². The fourth-order valence-electron chi connectivity index (χ4n) is 3.95. The van der Waals surface area contributed by atoms with Crippen LogP contribution in [0.1, 0.15) is 80.1 Å². The van der Waals surface area contributed by atoms with Gasteiger partial charge in [0, 0.05) is 12.1 Å². The van der Waals surface area contributed by atoms with E-state index in [9.17, 15) is 0 Å². The number of rotatable bonds is 8. The van der Waals surface area contributed by atoms with E-state index in [0.29, 0.717) is 5.41 Å². The molecular weight excluding hydrogens is 256 g/mol. The maximum atomic E-state index is 6.33. The lowest BCUT2D eigenvalue weighted by Gasteiger charge is -2.51. The first-order valence-electron chi connectivity index (χ1n) is 9.16. The first-order chi connectivity index (χ1) is 9.71. The van der Waals surface area contributed by atoms with Crippen molar-refractivity contribution >= 4 is 0 Å². The van der Waals surface area contributed by atoms with Gasteiger partial charge in [0.05, 0.1) is 0 Å². The quantitative estimate of drug-likeness (QED) is 0.705. The van der Waals surface area contributed by atoms with Gasteiger partial charge in [0.1, 0.15) is 0 Å². The van der Waals surface area contributed by atoms with Crippen LogP contribution in [-0.2, 0) is 0 Å². The summed E-state index contributed by atoms with van der Waals surface area (Å²) in [5.41, 5.74) is 7.04. The smallest absolute Gasteiger partial charge is 0.0336 e. The molecule has 0 amide bonds. The van der Waals surface area contributed by atoms with E-state index in [2.05, 4.69) is 46.4 Å². The van der Waals surface area contributed by atoms with E-state index >= 15 is 0 Å². The zero-order valence-corrected chi connectivity index (χ0v) is 15.5. The summed E-state index contributed by atoms with van der Waals surface area (Å²) in [6, 6.07) is 0. The summed E-state index contributed by atoms with van der Waals surface area (Å²) in [6.45, 7) is 17.5. The third-order valence-corrected chi connectivity index (χ3v) is 5.31. The topological polar surface area (TPSA) is 29.3 Å². The second-order valence-electron chi connectivity index (χ2n) is 8.98. The lowest BCUT2D eigenvalue weighted by molar-refractivity contribution is 0.00443. The van der Waals surface area contributed by atoms with Crippen molar-refractivity contribution in [1.29, 1.82) is 0 Å². The van der Waals surface area contributed by atoms with Crippen LogP contribution in [0.25, 0.3) is 0 Å². The van der Waals surface area contributed by atoms with Crippen LogP contribution in [0.15, 0.2) is 0 Å². The van der Waals surface area contributed by atoms with E-state index in [1.807, 2.05) is 0 Å². The summed E-state index contributed by atoms with van der Waals surface area (Å²) in [5, 5.41) is 0. The van der Waals surface area contributed by atoms with Gasteiger partial charge in [0.25, 0.3) is 0 Å². The summed E-state index contributed by atoms with van der Waals surface area (Å²) >= 11 is 0. The largest absolute Gasteiger partial charge is 0.329 e. The molecule has 0 aliphatic heterocycles. The van der Waals surface area contributed by atoms with Crippen LogP contribution in [0, 0.1) is 17.3 Å². The SMILES string of the molecule is CC(C)CCN(CCC(C)C)C1(CN)CCCC(C)(C)C1. The van der Waals surface area contributed by atoms with Gasteiger partial charge in [0.2, 0.25) is 0 Å². The van der Waals surface area contributed by atoms with Gasteiger partial charge in [-0.05, 0) is 62.4 Å². The van der Waals surface area contributed by atoms with Crippen molar-refractivity contribution in [1.82, 2.24) is 4.90 Å². The van der Waals surface area contributed by atoms with E-state index in [0.717, 1.165) is 18.4 Å². The van der Waals surface area contributed by atoms with Crippen molar-refractivity contribution in [3.05, 3.63) is 0 Å². The predicted molar refractivity (Wildman–Crippen MR) is 94.5 cm³/mol. The van der Waals surface area contributed by atoms with E-state index in [-0.39, 0.29) is 5.54 Å². The van der Waals surface area contributed by atoms with Crippen molar-refractivity contribution in [3.63, 3.8) is 0 Å². The molecule has 0 aromatic heterocycles. The molecule has 0 spiro atoms. The van der Waals surface area contributed by atoms with E-state index in [4.69, 9.17) is 5.73 Å². The van der Waals surface area contributed by atoms with Gasteiger partial charge in [0.15, 0.2) is 0 Å². The highest BCUT2D eigenvalue weighted by Gasteiger charge is 2.42. The fourth-order valence-corrected chi connectivity index (χ4v) is 3.95. The van der Waals surface area contributed by atoms with Crippen LogP contribution < -0.4 is 5.73 Å². The van der Waals surface area contributed by atoms with Gasteiger partial charge in [-0.2, -0.15) is 0 Å². The van der Waals surface area contributed by atoms with Crippen LogP contribution in [0.4, 0.5) is 0 Å². The predicted octanol–water partition coefficient (Wildman–Crippen LogP) is 4.68. The molecule has 2 N–H and O–H groups in total. The molecule has 2 nitrogen and oxygen atoms in total. The number of hydrogen-bond donors (Lipinski definition) is 1. The van der Waals surface area contributed by atoms with Crippen molar-refractivity contribution in [2.75, 3.05) is 19.6 Å². The van der Waals surface area contributed by atoms with E-state index in [1.165, 1.54) is 51.6 Å². The highest BCUT2D eigenvalue weighted by atomic mass is 15.2. The fraction of sp³-hybridized carbons (Fsp3) is 1.00. The van der Waals surface area contributed by atoms with Crippen molar-refractivity contribution in [2.45, 2.75) is 85.6 Å². The molecule has 0 aromatic carbocycles. The maximum Gasteiger partial charge on any atom is 0.0336 e. The number of nitrogens with zero attached hydrogens (tertiary/aromatic N) is 1. The van der Waals surface area contributed by atoms with Crippen molar-refractivity contribution in [2.24, 2.45) is 23.0 Å². The maximum absolute atomic E-state index is 6.33. The summed E-state index contributed by atoms with van der Waals surface area (Å²) in [4.78, 5) is 2.77. The van der Waals surface area contributed by atoms with Gasteiger partial charge in [-0.3, -0.25) is 4.90 Å². The molecule has 0 bridgehead atoms. The monoisotopic (exact) mass is 296 g/mol. The Morgan fingerprint density at radius 2 is 1.48 bits per heavy atom. The molecule has 1 aliphatic rings. The van der Waals surface area contributed by atoms with Crippen LogP contribution in [-0.4, -0.2) is 30.1 Å². The lowest BCUT2D eigenvalue weighted by atomic mass is 9.67. The molecule has 2 heteroatoms. The Balaban J connectivity index is 2.84. The number of hydrogen-bond acceptors (Lipinski definition) is 2. The minimum Gasteiger partial charge on any atom is -0.329 e. The number of nitrogens with two attached hydrogens (primary N) is 1. The lowest BCUT2D eigenvalue weighted by Crippen LogP contribution is -2.58. The minimum absolute atomic E-state index is 0.255. The molecule has 21 heavy (non-hydrogen) atoms. The second-order valence-corrected chi connectivity index (χ2v) is 8.98. The van der Waals surface area contributed by atoms with Gasteiger partial charge >= 0.3 is 0 Å². The molecule has 1 saturated carbocycles. The van der Waals surface area contributed by atoms with Crippen LogP contribution in [0.5, 0.6) is 0 Å². The molecule has 0 aromatic rings. The molecule has 1 atom stereocenters. The van der Waals surface area contributed by atoms with Gasteiger partial charge in [-0.25, -0.2) is 0 Å². The summed E-state index contributed by atoms with van der Waals surface area (Å²) < 4.78 is 0. The Kier molecular flexibility index (Phi) is 7.19. The summed E-state index contributed by atoms with van der Waals surface area (Å²) in [6.07, 6.45) is 7.84. The van der Waals surface area contributed by atoms with E-state index < -0.39 is 0 Å². The van der Waals surface area contributed by atoms with Crippen LogP contribution in [0.3, 0.4) is 0 Å². The molecule has 0 radical (unpaired) electrons. The molecule has 1 rings (SSSR count). The second kappa shape index (κ2) is 7.97. The Hall–Kier alpha value is -0.0800. The van der Waals surface area contributed by atoms with Gasteiger partial charge in [-0.15, -0.1) is 0 Å². The molecule has 0 heterocycles. The van der Waals surface area contributed by atoms with Crippen molar-refractivity contribution < 1.29 is 0 Å². The van der Waals surface area contributed by atoms with E-state index in [1.54, 1.807) is 0 Å². The zero-order valence-electron chi connectivity index (χ0n) is 15.5. The molecule has 1 unspecified atom stereocenters. The standard InChI is InChI=1S/C19H40N2/c1-16(2)8-12-21(13-9-17(3)4)19(15-20)11-7-10-18(5,6)14-19/h16-17H,7-15,20H2,1-6H3. The highest BCUT2D eigenvalue weighted by Crippen LogP contribution is 2.43. The van der Waals surface area contributed by atoms with Crippen molar-refractivity contribution in [3.8, 4) is 0 Å². The van der Waals surface area contributed by atoms with Crippen LogP contribution >= 0.6 is 0 Å². The van der Waals surface area contributed by atoms with Gasteiger partial charge in [-0.1, -0.05) is 48.0 Å². The summed E-state index contributed by atoms with van der Waals surface area (Å²) in [7, 11) is 0. The Bertz CT molecular complexity index is 284. The average molecular weight is 297 g/mol. The third-order valence-electron chi connectivity index (χ3n) is 5.31. The van der Waals surface area contributed by atoms with Gasteiger partial charge < -0.3 is 5.73 Å². The molecular formula is C19H40N2. The molecule has 0 saturated heterocycles. The highest BCUT2D eigenvalue weighted by molar-refractivity contribution is 4.99. The Morgan fingerprint density at radius 3 is 1.86 bits per heavy atom. The molecule has 1 aliphatic carbocycles. The average Bonchev–Trinajstić information content (AvgIpc) is 2.36. The Morgan fingerprint density at radius 1 is 0.952 bits per heavy atom. The minimum atomic E-state index is 0.255. The molecule has 126 valence electrons. The Labute approximate surface area is 133 Å². The summed E-state index contributed by atoms with van der Waals surface area (Å²) in [5.74, 6) is 1.55. The first-order valence-corrected chi connectivity index (χ1v) is 9.16. The first kappa shape index (κ1) is 19.0. The third kappa shape index (κ3) is 5.90. The molecule has 1 fully saturated rings.